The molecule has 0 bridgehead atoms. The number of halogens is 1. The molecule has 2 atom stereocenters. The Bertz CT molecular complexity index is 1180. The Kier molecular flexibility index (Phi) is 6.65. The van der Waals surface area contributed by atoms with Crippen LogP contribution < -0.4 is 15.2 Å². The Balaban J connectivity index is 1.60. The van der Waals surface area contributed by atoms with Crippen molar-refractivity contribution in [1.29, 1.82) is 0 Å². The van der Waals surface area contributed by atoms with Gasteiger partial charge >= 0.3 is 5.97 Å². The zero-order chi connectivity index (χ0) is 23.5. The molecule has 0 radical (unpaired) electrons. The van der Waals surface area contributed by atoms with Crippen LogP contribution in [0.3, 0.4) is 0 Å². The van der Waals surface area contributed by atoms with Crippen molar-refractivity contribution in [1.82, 2.24) is 0 Å². The summed E-state index contributed by atoms with van der Waals surface area (Å²) in [4.78, 5) is 11.2. The Morgan fingerprint density at radius 3 is 2.73 bits per heavy atom. The van der Waals surface area contributed by atoms with E-state index in [0.29, 0.717) is 17.7 Å². The van der Waals surface area contributed by atoms with Crippen LogP contribution in [0.1, 0.15) is 41.7 Å². The first-order chi connectivity index (χ1) is 15.9. The lowest BCUT2D eigenvalue weighted by atomic mass is 9.91. The minimum Gasteiger partial charge on any atom is -0.497 e. The van der Waals surface area contributed by atoms with E-state index in [2.05, 4.69) is 0 Å². The number of aliphatic carboxylic acids is 1. The zero-order valence-corrected chi connectivity index (χ0v) is 18.8. The summed E-state index contributed by atoms with van der Waals surface area (Å²) >= 11 is 0. The van der Waals surface area contributed by atoms with Gasteiger partial charge in [0.25, 0.3) is 0 Å². The van der Waals surface area contributed by atoms with E-state index in [4.69, 9.17) is 15.2 Å². The van der Waals surface area contributed by atoms with E-state index >= 15 is 0 Å². The van der Waals surface area contributed by atoms with Gasteiger partial charge in [-0.2, -0.15) is 0 Å². The van der Waals surface area contributed by atoms with Crippen molar-refractivity contribution in [3.05, 3.63) is 82.7 Å². The molecule has 0 aliphatic carbocycles. The van der Waals surface area contributed by atoms with E-state index in [9.17, 15) is 14.3 Å². The minimum atomic E-state index is -0.812. The number of aryl methyl sites for hydroxylation is 1. The summed E-state index contributed by atoms with van der Waals surface area (Å²) in [5.74, 6) is -0.228. The van der Waals surface area contributed by atoms with Crippen LogP contribution >= 0.6 is 0 Å². The molecule has 0 amide bonds. The Labute approximate surface area is 193 Å². The van der Waals surface area contributed by atoms with Crippen molar-refractivity contribution < 1.29 is 23.8 Å². The van der Waals surface area contributed by atoms with Gasteiger partial charge in [-0.25, -0.2) is 4.39 Å². The number of methoxy groups -OCH3 is 1. The topological polar surface area (TPSA) is 81.8 Å². The van der Waals surface area contributed by atoms with Crippen LogP contribution in [0.4, 0.5) is 4.39 Å². The molecule has 3 aromatic rings. The summed E-state index contributed by atoms with van der Waals surface area (Å²) in [5, 5.41) is 9.20. The maximum absolute atomic E-state index is 14.5. The molecule has 2 unspecified atom stereocenters. The number of benzene rings is 3. The number of hydrogen-bond donors (Lipinski definition) is 2. The first-order valence-electron chi connectivity index (χ1n) is 11.1. The predicted molar refractivity (Wildman–Crippen MR) is 125 cm³/mol. The highest BCUT2D eigenvalue weighted by molar-refractivity contribution is 5.70. The van der Waals surface area contributed by atoms with Crippen LogP contribution in [0, 0.1) is 11.7 Å². The molecule has 0 spiro atoms. The molecule has 0 aromatic heterocycles. The van der Waals surface area contributed by atoms with Gasteiger partial charge in [-0.05, 0) is 71.3 Å². The van der Waals surface area contributed by atoms with Crippen molar-refractivity contribution in [2.75, 3.05) is 7.11 Å². The molecule has 4 rings (SSSR count). The second kappa shape index (κ2) is 9.63. The molecular weight excluding hydrogens is 421 g/mol. The van der Waals surface area contributed by atoms with Crippen molar-refractivity contribution in [3.63, 3.8) is 0 Å². The van der Waals surface area contributed by atoms with Gasteiger partial charge in [-0.15, -0.1) is 0 Å². The van der Waals surface area contributed by atoms with Crippen molar-refractivity contribution in [2.24, 2.45) is 11.7 Å². The van der Waals surface area contributed by atoms with E-state index in [1.165, 1.54) is 6.07 Å². The lowest BCUT2D eigenvalue weighted by Crippen LogP contribution is -2.17. The molecule has 172 valence electrons. The molecule has 1 aliphatic heterocycles. The van der Waals surface area contributed by atoms with Crippen LogP contribution in [0.5, 0.6) is 11.5 Å². The van der Waals surface area contributed by atoms with Crippen LogP contribution in [-0.4, -0.2) is 18.2 Å². The molecule has 3 aromatic carbocycles. The van der Waals surface area contributed by atoms with Crippen molar-refractivity contribution in [3.8, 4) is 22.6 Å². The second-order valence-corrected chi connectivity index (χ2v) is 8.50. The van der Waals surface area contributed by atoms with E-state index in [-0.39, 0.29) is 18.5 Å². The molecule has 1 aliphatic rings. The van der Waals surface area contributed by atoms with Gasteiger partial charge in [0.15, 0.2) is 0 Å². The van der Waals surface area contributed by atoms with Gasteiger partial charge in [0.1, 0.15) is 23.4 Å². The third kappa shape index (κ3) is 4.86. The highest BCUT2D eigenvalue weighted by Gasteiger charge is 2.23. The maximum atomic E-state index is 14.5. The first kappa shape index (κ1) is 22.8. The second-order valence-electron chi connectivity index (χ2n) is 8.50. The van der Waals surface area contributed by atoms with Gasteiger partial charge in [0, 0.05) is 12.1 Å². The summed E-state index contributed by atoms with van der Waals surface area (Å²) in [6.07, 6.45) is 1.97. The zero-order valence-electron chi connectivity index (χ0n) is 18.8. The van der Waals surface area contributed by atoms with Crippen LogP contribution in [0.2, 0.25) is 0 Å². The van der Waals surface area contributed by atoms with E-state index in [0.717, 1.165) is 46.4 Å². The average molecular weight is 450 g/mol. The standard InChI is InChI=1S/C27H28FNO4/c1-16(27(30)31)11-17-3-4-18-6-10-25(33-26(18)12-17)19-5-8-22(20(13-19)15-29)23-14-21(32-2)7-9-24(23)28/h3-5,7-9,12-14,16,25H,6,10-11,15,29H2,1-2H3,(H,30,31). The molecule has 6 heteroatoms. The summed E-state index contributed by atoms with van der Waals surface area (Å²) < 4.78 is 26.1. The fraction of sp³-hybridized carbons (Fsp3) is 0.296. The molecule has 3 N–H and O–H groups in total. The Morgan fingerprint density at radius 1 is 1.18 bits per heavy atom. The van der Waals surface area contributed by atoms with Gasteiger partial charge in [-0.1, -0.05) is 37.3 Å². The summed E-state index contributed by atoms with van der Waals surface area (Å²) in [6.45, 7) is 1.97. The maximum Gasteiger partial charge on any atom is 0.306 e. The molecule has 0 saturated heterocycles. The fourth-order valence-corrected chi connectivity index (χ4v) is 4.30. The highest BCUT2D eigenvalue weighted by atomic mass is 19.1. The van der Waals surface area contributed by atoms with Gasteiger partial charge in [-0.3, -0.25) is 4.79 Å². The number of nitrogens with two attached hydrogens (primary N) is 1. The SMILES string of the molecule is COc1ccc(F)c(-c2ccc(C3CCc4ccc(CC(C)C(=O)O)cc4O3)cc2CN)c1. The monoisotopic (exact) mass is 449 g/mol. The summed E-state index contributed by atoms with van der Waals surface area (Å²) in [5.41, 5.74) is 11.1. The Morgan fingerprint density at radius 2 is 2.00 bits per heavy atom. The molecule has 1 heterocycles. The number of carboxylic acid groups (broad SMARTS) is 1. The third-order valence-electron chi connectivity index (χ3n) is 6.22. The molecular formula is C27H28FNO4. The first-order valence-corrected chi connectivity index (χ1v) is 11.1. The van der Waals surface area contributed by atoms with Crippen LogP contribution in [0.15, 0.2) is 54.6 Å². The van der Waals surface area contributed by atoms with Crippen LogP contribution in [-0.2, 0) is 24.2 Å². The lowest BCUT2D eigenvalue weighted by Gasteiger charge is -2.28. The third-order valence-corrected chi connectivity index (χ3v) is 6.22. The number of carbonyl (C=O) groups is 1. The lowest BCUT2D eigenvalue weighted by molar-refractivity contribution is -0.141. The predicted octanol–water partition coefficient (Wildman–Crippen LogP) is 5.29. The number of ether oxygens (including phenoxy) is 2. The number of hydrogen-bond acceptors (Lipinski definition) is 4. The normalized spacial score (nSPS) is 15.9. The fourth-order valence-electron chi connectivity index (χ4n) is 4.30. The average Bonchev–Trinajstić information content (AvgIpc) is 2.83. The molecule has 5 nitrogen and oxygen atoms in total. The van der Waals surface area contributed by atoms with Crippen molar-refractivity contribution >= 4 is 5.97 Å². The summed E-state index contributed by atoms with van der Waals surface area (Å²) in [6, 6.07) is 16.4. The largest absolute Gasteiger partial charge is 0.497 e. The van der Waals surface area contributed by atoms with E-state index in [1.807, 2.05) is 36.4 Å². The van der Waals surface area contributed by atoms with Crippen LogP contribution in [0.25, 0.3) is 11.1 Å². The molecule has 33 heavy (non-hydrogen) atoms. The van der Waals surface area contributed by atoms with Gasteiger partial charge in [0.2, 0.25) is 0 Å². The molecule has 0 fully saturated rings. The van der Waals surface area contributed by atoms with Gasteiger partial charge < -0.3 is 20.3 Å². The summed E-state index contributed by atoms with van der Waals surface area (Å²) in [7, 11) is 1.55. The van der Waals surface area contributed by atoms with E-state index in [1.54, 1.807) is 26.2 Å². The van der Waals surface area contributed by atoms with Crippen molar-refractivity contribution in [2.45, 2.75) is 38.8 Å². The minimum absolute atomic E-state index is 0.154. The van der Waals surface area contributed by atoms with Gasteiger partial charge in [0.05, 0.1) is 13.0 Å². The number of carboxylic acids is 1. The van der Waals surface area contributed by atoms with E-state index < -0.39 is 11.9 Å². The number of rotatable bonds is 7. The smallest absolute Gasteiger partial charge is 0.306 e. The molecule has 0 saturated carbocycles. The Hall–Kier alpha value is -3.38. The number of fused-ring (bicyclic) bond motifs is 1. The quantitative estimate of drug-likeness (QED) is 0.512. The highest BCUT2D eigenvalue weighted by Crippen LogP contribution is 2.38.